The first-order chi connectivity index (χ1) is 29.2. The van der Waals surface area contributed by atoms with Gasteiger partial charge in [-0.1, -0.05) is 200 Å². The van der Waals surface area contributed by atoms with Gasteiger partial charge in [0.05, 0.1) is 11.4 Å². The maximum Gasteiger partial charge on any atom is 0.160 e. The Morgan fingerprint density at radius 1 is 0.254 bits per heavy atom. The summed E-state index contributed by atoms with van der Waals surface area (Å²) in [5.74, 6) is 0.710. The summed E-state index contributed by atoms with van der Waals surface area (Å²) in [5.41, 5.74) is 15.9. The fourth-order valence-electron chi connectivity index (χ4n) is 8.43. The van der Waals surface area contributed by atoms with Crippen LogP contribution in [0.15, 0.2) is 223 Å². The number of rotatable bonds is 7. The molecule has 9 aromatic carbocycles. The lowest BCUT2D eigenvalue weighted by Crippen LogP contribution is -1.95. The molecule has 59 heavy (non-hydrogen) atoms. The van der Waals surface area contributed by atoms with E-state index < -0.39 is 0 Å². The first-order valence-electron chi connectivity index (χ1n) is 20.0. The molecule has 0 saturated heterocycles. The Morgan fingerprint density at radius 2 is 0.746 bits per heavy atom. The summed E-state index contributed by atoms with van der Waals surface area (Å²) in [6.07, 6.45) is 0. The minimum Gasteiger partial charge on any atom is -0.455 e. The van der Waals surface area contributed by atoms with Gasteiger partial charge in [0.2, 0.25) is 0 Å². The Morgan fingerprint density at radius 3 is 1.47 bits per heavy atom. The normalized spacial score (nSPS) is 11.4. The van der Waals surface area contributed by atoms with Crippen molar-refractivity contribution in [1.82, 2.24) is 9.97 Å². The van der Waals surface area contributed by atoms with Crippen LogP contribution < -0.4 is 0 Å². The van der Waals surface area contributed by atoms with Gasteiger partial charge in [-0.2, -0.15) is 0 Å². The van der Waals surface area contributed by atoms with Crippen LogP contribution >= 0.6 is 0 Å². The van der Waals surface area contributed by atoms with Gasteiger partial charge >= 0.3 is 0 Å². The minimum absolute atomic E-state index is 0.710. The number of benzene rings is 9. The second-order valence-electron chi connectivity index (χ2n) is 14.9. The fourth-order valence-corrected chi connectivity index (χ4v) is 8.43. The third kappa shape index (κ3) is 6.26. The number of aromatic nitrogens is 2. The van der Waals surface area contributed by atoms with Crippen LogP contribution in [0.2, 0.25) is 0 Å². The average molecular weight is 753 g/mol. The lowest BCUT2D eigenvalue weighted by Gasteiger charge is -2.11. The van der Waals surface area contributed by atoms with Crippen molar-refractivity contribution in [2.24, 2.45) is 0 Å². The Hall–Kier alpha value is -7.88. The summed E-state index contributed by atoms with van der Waals surface area (Å²) < 4.78 is 6.93. The van der Waals surface area contributed by atoms with Gasteiger partial charge in [-0.3, -0.25) is 0 Å². The number of para-hydroxylation sites is 1. The van der Waals surface area contributed by atoms with E-state index in [2.05, 4.69) is 182 Å². The summed E-state index contributed by atoms with van der Waals surface area (Å²) in [4.78, 5) is 10.0. The van der Waals surface area contributed by atoms with Crippen LogP contribution in [-0.2, 0) is 0 Å². The van der Waals surface area contributed by atoms with Crippen molar-refractivity contribution in [1.29, 1.82) is 0 Å². The van der Waals surface area contributed by atoms with Crippen LogP contribution in [0.4, 0.5) is 0 Å². The number of furan rings is 1. The molecule has 0 aliphatic rings. The summed E-state index contributed by atoms with van der Waals surface area (Å²) in [6, 6.07) is 76.8. The molecule has 11 aromatic rings. The minimum atomic E-state index is 0.710. The molecule has 0 N–H and O–H groups in total. The lowest BCUT2D eigenvalue weighted by molar-refractivity contribution is 0.674. The molecule has 3 nitrogen and oxygen atoms in total. The van der Waals surface area contributed by atoms with Crippen molar-refractivity contribution in [3.63, 3.8) is 0 Å². The number of hydrogen-bond donors (Lipinski definition) is 0. The first kappa shape index (κ1) is 34.4. The highest BCUT2D eigenvalue weighted by molar-refractivity contribution is 6.21. The van der Waals surface area contributed by atoms with Gasteiger partial charge in [0.15, 0.2) is 5.82 Å². The van der Waals surface area contributed by atoms with E-state index in [1.54, 1.807) is 0 Å². The van der Waals surface area contributed by atoms with Gasteiger partial charge in [0.1, 0.15) is 11.2 Å². The summed E-state index contributed by atoms with van der Waals surface area (Å²) in [5, 5.41) is 4.47. The van der Waals surface area contributed by atoms with E-state index in [0.29, 0.717) is 5.82 Å². The van der Waals surface area contributed by atoms with E-state index in [-0.39, 0.29) is 0 Å². The van der Waals surface area contributed by atoms with Gasteiger partial charge in [0.25, 0.3) is 0 Å². The van der Waals surface area contributed by atoms with Crippen LogP contribution in [0.3, 0.4) is 0 Å². The van der Waals surface area contributed by atoms with Gasteiger partial charge < -0.3 is 4.42 Å². The molecule has 0 aliphatic carbocycles. The van der Waals surface area contributed by atoms with Crippen molar-refractivity contribution in [3.8, 4) is 78.4 Å². The lowest BCUT2D eigenvalue weighted by atomic mass is 9.92. The van der Waals surface area contributed by atoms with Crippen molar-refractivity contribution >= 4 is 32.7 Å². The number of hydrogen-bond acceptors (Lipinski definition) is 3. The smallest absolute Gasteiger partial charge is 0.160 e. The summed E-state index contributed by atoms with van der Waals surface area (Å²) in [6.45, 7) is 0. The molecule has 0 radical (unpaired) electrons. The van der Waals surface area contributed by atoms with Gasteiger partial charge in [-0.15, -0.1) is 0 Å². The van der Waals surface area contributed by atoms with Gasteiger partial charge in [-0.05, 0) is 62.5 Å². The predicted molar refractivity (Wildman–Crippen MR) is 245 cm³/mol. The van der Waals surface area contributed by atoms with Crippen LogP contribution in [0.1, 0.15) is 0 Å². The van der Waals surface area contributed by atoms with E-state index in [9.17, 15) is 0 Å². The third-order valence-corrected chi connectivity index (χ3v) is 11.3. The summed E-state index contributed by atoms with van der Waals surface area (Å²) in [7, 11) is 0. The predicted octanol–water partition coefficient (Wildman–Crippen LogP) is 15.2. The van der Waals surface area contributed by atoms with Crippen LogP contribution in [-0.4, -0.2) is 9.97 Å². The largest absolute Gasteiger partial charge is 0.455 e. The van der Waals surface area contributed by atoms with Crippen molar-refractivity contribution < 1.29 is 4.42 Å². The molecule has 0 atom stereocenters. The monoisotopic (exact) mass is 752 g/mol. The Balaban J connectivity index is 0.995. The molecule has 0 spiro atoms. The summed E-state index contributed by atoms with van der Waals surface area (Å²) >= 11 is 0. The number of fused-ring (bicyclic) bond motifs is 5. The van der Waals surface area contributed by atoms with Crippen molar-refractivity contribution in [2.75, 3.05) is 0 Å². The molecule has 0 unspecified atom stereocenters. The van der Waals surface area contributed by atoms with E-state index in [1.807, 2.05) is 36.4 Å². The topological polar surface area (TPSA) is 38.9 Å². The van der Waals surface area contributed by atoms with Crippen LogP contribution in [0.5, 0.6) is 0 Å². The highest BCUT2D eigenvalue weighted by atomic mass is 16.3. The molecule has 0 bridgehead atoms. The second-order valence-corrected chi connectivity index (χ2v) is 14.9. The van der Waals surface area contributed by atoms with Crippen molar-refractivity contribution in [2.45, 2.75) is 0 Å². The Bertz CT molecular complexity index is 3240. The average Bonchev–Trinajstić information content (AvgIpc) is 3.71. The van der Waals surface area contributed by atoms with Crippen LogP contribution in [0, 0.1) is 0 Å². The highest BCUT2D eigenvalue weighted by Crippen LogP contribution is 2.44. The fraction of sp³-hybridized carbons (Fsp3) is 0. The van der Waals surface area contributed by atoms with E-state index >= 15 is 0 Å². The molecular weight excluding hydrogens is 717 g/mol. The molecule has 0 amide bonds. The van der Waals surface area contributed by atoms with Gasteiger partial charge in [0, 0.05) is 38.4 Å². The zero-order valence-electron chi connectivity index (χ0n) is 32.1. The SMILES string of the molecule is c1ccc(-c2cc(-c3ccc(-c4cccc(-c5cc6c7cccc(-c8ccccc8-c8ccccc8)c7oc6c6ccccc56)c4)cc3)nc(-c3ccccc3)n2)cc1. The maximum atomic E-state index is 6.93. The molecule has 0 aliphatic heterocycles. The van der Waals surface area contributed by atoms with E-state index in [4.69, 9.17) is 14.4 Å². The Kier molecular flexibility index (Phi) is 8.49. The zero-order chi connectivity index (χ0) is 39.1. The quantitative estimate of drug-likeness (QED) is 0.163. The number of nitrogens with zero attached hydrogens (tertiary/aromatic N) is 2. The van der Waals surface area contributed by atoms with Gasteiger partial charge in [-0.25, -0.2) is 9.97 Å². The molecule has 2 heterocycles. The molecule has 11 rings (SSSR count). The highest BCUT2D eigenvalue weighted by Gasteiger charge is 2.19. The second kappa shape index (κ2) is 14.6. The molecular formula is C56H36N2O. The third-order valence-electron chi connectivity index (χ3n) is 11.3. The zero-order valence-corrected chi connectivity index (χ0v) is 32.1. The van der Waals surface area contributed by atoms with E-state index in [1.165, 1.54) is 16.7 Å². The molecule has 0 saturated carbocycles. The van der Waals surface area contributed by atoms with Crippen molar-refractivity contribution in [3.05, 3.63) is 218 Å². The first-order valence-corrected chi connectivity index (χ1v) is 20.0. The maximum absolute atomic E-state index is 6.93. The van der Waals surface area contributed by atoms with Crippen LogP contribution in [0.25, 0.3) is 111 Å². The standard InChI is InChI=1S/C56H36N2O/c1-4-16-38(17-5-1)44-24-10-11-25-45(44)48-28-15-29-49-51-35-50(46-26-12-13-27-47(46)55(51)59-54(48)49)43-23-14-22-42(34-43)37-30-32-40(33-31-37)53-36-52(39-18-6-2-7-19-39)57-56(58-53)41-20-8-3-9-21-41/h1-36H. The molecule has 2 aromatic heterocycles. The molecule has 3 heteroatoms. The van der Waals surface area contributed by atoms with E-state index in [0.717, 1.165) is 88.6 Å². The molecule has 276 valence electrons. The molecule has 0 fully saturated rings. The Labute approximate surface area is 342 Å².